The van der Waals surface area contributed by atoms with Crippen LogP contribution in [0.4, 0.5) is 4.79 Å². The number of nitriles is 1. The van der Waals surface area contributed by atoms with E-state index in [1.807, 2.05) is 6.07 Å². The molecule has 7 heteroatoms. The molecular formula is C14H11N3O4. The van der Waals surface area contributed by atoms with Crippen molar-refractivity contribution >= 4 is 24.0 Å². The first-order valence-electron chi connectivity index (χ1n) is 5.97. The van der Waals surface area contributed by atoms with Crippen LogP contribution in [0.2, 0.25) is 0 Å². The van der Waals surface area contributed by atoms with E-state index in [0.717, 1.165) is 4.90 Å². The van der Waals surface area contributed by atoms with Crippen LogP contribution < -0.4 is 0 Å². The molecule has 1 N–H and O–H groups in total. The van der Waals surface area contributed by atoms with Crippen LogP contribution in [0.1, 0.15) is 11.1 Å². The van der Waals surface area contributed by atoms with Gasteiger partial charge in [-0.3, -0.25) is 14.5 Å². The van der Waals surface area contributed by atoms with E-state index in [-0.39, 0.29) is 5.70 Å². The molecule has 0 aliphatic carbocycles. The maximum atomic E-state index is 12.1. The molecule has 0 bridgehead atoms. The molecule has 0 saturated carbocycles. The summed E-state index contributed by atoms with van der Waals surface area (Å²) in [6.07, 6.45) is 1.48. The highest BCUT2D eigenvalue weighted by molar-refractivity contribution is 6.14. The second-order valence-corrected chi connectivity index (χ2v) is 4.39. The number of carboxylic acid groups (broad SMARTS) is 1. The number of aliphatic carboxylic acids is 1. The highest BCUT2D eigenvalue weighted by Gasteiger charge is 2.39. The van der Waals surface area contributed by atoms with E-state index in [1.54, 1.807) is 24.3 Å². The molecule has 1 aromatic carbocycles. The summed E-state index contributed by atoms with van der Waals surface area (Å²) in [6.45, 7) is -0.674. The molecule has 1 aromatic rings. The van der Waals surface area contributed by atoms with Gasteiger partial charge in [-0.05, 0) is 23.8 Å². The Morgan fingerprint density at radius 2 is 1.95 bits per heavy atom. The fraction of sp³-hybridized carbons (Fsp3) is 0.143. The fourth-order valence-corrected chi connectivity index (χ4v) is 1.90. The Hall–Kier alpha value is -3.14. The van der Waals surface area contributed by atoms with Gasteiger partial charge >= 0.3 is 12.0 Å². The quantitative estimate of drug-likeness (QED) is 0.656. The van der Waals surface area contributed by atoms with E-state index in [2.05, 4.69) is 0 Å². The summed E-state index contributed by atoms with van der Waals surface area (Å²) in [5, 5.41) is 17.4. The van der Waals surface area contributed by atoms with Crippen molar-refractivity contribution in [2.75, 3.05) is 13.6 Å². The molecule has 1 heterocycles. The SMILES string of the molecule is CN1C(=O)N(CC(=O)O)C(=O)/C1=C/c1ccc(C#N)cc1. The number of hydrogen-bond donors (Lipinski definition) is 1. The van der Waals surface area contributed by atoms with Crippen LogP contribution in [0.5, 0.6) is 0 Å². The van der Waals surface area contributed by atoms with E-state index in [0.29, 0.717) is 16.0 Å². The lowest BCUT2D eigenvalue weighted by Gasteiger charge is -2.09. The topological polar surface area (TPSA) is 102 Å². The van der Waals surface area contributed by atoms with Crippen molar-refractivity contribution in [3.8, 4) is 6.07 Å². The number of likely N-dealkylation sites (N-methyl/N-ethyl adjacent to an activating group) is 1. The number of benzene rings is 1. The van der Waals surface area contributed by atoms with Gasteiger partial charge in [-0.15, -0.1) is 0 Å². The standard InChI is InChI=1S/C14H11N3O4/c1-16-11(6-9-2-4-10(7-15)5-3-9)13(20)17(14(16)21)8-12(18)19/h2-6H,8H2,1H3,(H,18,19)/b11-6-. The minimum atomic E-state index is -1.26. The number of imide groups is 1. The molecule has 0 radical (unpaired) electrons. The summed E-state index contributed by atoms with van der Waals surface area (Å²) in [5.41, 5.74) is 1.20. The first-order chi connectivity index (χ1) is 9.93. The normalized spacial score (nSPS) is 16.5. The zero-order valence-corrected chi connectivity index (χ0v) is 11.1. The van der Waals surface area contributed by atoms with Gasteiger partial charge in [-0.2, -0.15) is 5.26 Å². The van der Waals surface area contributed by atoms with Gasteiger partial charge in [-0.1, -0.05) is 12.1 Å². The van der Waals surface area contributed by atoms with Crippen molar-refractivity contribution in [2.24, 2.45) is 0 Å². The number of amides is 3. The predicted octanol–water partition coefficient (Wildman–Crippen LogP) is 0.878. The Kier molecular flexibility index (Phi) is 3.71. The van der Waals surface area contributed by atoms with Crippen LogP contribution in [0.25, 0.3) is 6.08 Å². The summed E-state index contributed by atoms with van der Waals surface area (Å²) < 4.78 is 0. The highest BCUT2D eigenvalue weighted by atomic mass is 16.4. The number of urea groups is 1. The molecule has 0 spiro atoms. The van der Waals surface area contributed by atoms with Crippen molar-refractivity contribution in [3.05, 3.63) is 41.1 Å². The average molecular weight is 285 g/mol. The number of carboxylic acids is 1. The first-order valence-corrected chi connectivity index (χ1v) is 5.97. The lowest BCUT2D eigenvalue weighted by atomic mass is 10.1. The molecular weight excluding hydrogens is 274 g/mol. The third-order valence-corrected chi connectivity index (χ3v) is 2.98. The first kappa shape index (κ1) is 14.3. The Labute approximate surface area is 120 Å². The molecule has 0 unspecified atom stereocenters. The van der Waals surface area contributed by atoms with Crippen LogP contribution in [0, 0.1) is 11.3 Å². The van der Waals surface area contributed by atoms with Gasteiger partial charge in [0.05, 0.1) is 11.6 Å². The Morgan fingerprint density at radius 1 is 1.33 bits per heavy atom. The van der Waals surface area contributed by atoms with Crippen molar-refractivity contribution in [1.82, 2.24) is 9.80 Å². The van der Waals surface area contributed by atoms with Crippen molar-refractivity contribution in [3.63, 3.8) is 0 Å². The molecule has 21 heavy (non-hydrogen) atoms. The van der Waals surface area contributed by atoms with Gasteiger partial charge in [-0.25, -0.2) is 9.69 Å². The van der Waals surface area contributed by atoms with E-state index >= 15 is 0 Å². The zero-order valence-electron chi connectivity index (χ0n) is 11.1. The molecule has 7 nitrogen and oxygen atoms in total. The van der Waals surface area contributed by atoms with E-state index in [9.17, 15) is 14.4 Å². The van der Waals surface area contributed by atoms with Crippen molar-refractivity contribution in [1.29, 1.82) is 5.26 Å². The third-order valence-electron chi connectivity index (χ3n) is 2.98. The Balaban J connectivity index is 2.32. The second kappa shape index (κ2) is 5.46. The second-order valence-electron chi connectivity index (χ2n) is 4.39. The largest absolute Gasteiger partial charge is 0.480 e. The maximum absolute atomic E-state index is 12.1. The zero-order chi connectivity index (χ0) is 15.6. The summed E-state index contributed by atoms with van der Waals surface area (Å²) in [6, 6.07) is 7.74. The number of nitrogens with zero attached hydrogens (tertiary/aromatic N) is 3. The lowest BCUT2D eigenvalue weighted by Crippen LogP contribution is -2.35. The number of carbonyl (C=O) groups excluding carboxylic acids is 2. The van der Waals surface area contributed by atoms with Gasteiger partial charge in [0.25, 0.3) is 5.91 Å². The molecule has 0 atom stereocenters. The average Bonchev–Trinajstić information content (AvgIpc) is 2.65. The summed E-state index contributed by atoms with van der Waals surface area (Å²) in [4.78, 5) is 36.3. The monoisotopic (exact) mass is 285 g/mol. The molecule has 0 aromatic heterocycles. The van der Waals surface area contributed by atoms with Gasteiger partial charge in [0.2, 0.25) is 0 Å². The van der Waals surface area contributed by atoms with Crippen LogP contribution in [-0.2, 0) is 9.59 Å². The van der Waals surface area contributed by atoms with Crippen LogP contribution in [0.15, 0.2) is 30.0 Å². The van der Waals surface area contributed by atoms with Gasteiger partial charge in [0, 0.05) is 7.05 Å². The molecule has 1 aliphatic heterocycles. The maximum Gasteiger partial charge on any atom is 0.331 e. The molecule has 1 fully saturated rings. The lowest BCUT2D eigenvalue weighted by molar-refractivity contribution is -0.140. The van der Waals surface area contributed by atoms with Crippen LogP contribution in [0.3, 0.4) is 0 Å². The minimum Gasteiger partial charge on any atom is -0.480 e. The molecule has 1 saturated heterocycles. The minimum absolute atomic E-state index is 0.0888. The summed E-state index contributed by atoms with van der Waals surface area (Å²) >= 11 is 0. The molecule has 1 aliphatic rings. The fourth-order valence-electron chi connectivity index (χ4n) is 1.90. The summed E-state index contributed by atoms with van der Waals surface area (Å²) in [5.74, 6) is -1.92. The van der Waals surface area contributed by atoms with E-state index < -0.39 is 24.5 Å². The molecule has 106 valence electrons. The van der Waals surface area contributed by atoms with Crippen molar-refractivity contribution < 1.29 is 19.5 Å². The number of rotatable bonds is 3. The van der Waals surface area contributed by atoms with Gasteiger partial charge in [0.15, 0.2) is 0 Å². The van der Waals surface area contributed by atoms with E-state index in [1.165, 1.54) is 13.1 Å². The summed E-state index contributed by atoms with van der Waals surface area (Å²) in [7, 11) is 1.40. The molecule has 3 amide bonds. The third kappa shape index (κ3) is 2.74. The van der Waals surface area contributed by atoms with Gasteiger partial charge < -0.3 is 5.11 Å². The molecule has 2 rings (SSSR count). The Morgan fingerprint density at radius 3 is 2.48 bits per heavy atom. The van der Waals surface area contributed by atoms with Crippen LogP contribution >= 0.6 is 0 Å². The highest BCUT2D eigenvalue weighted by Crippen LogP contribution is 2.21. The van der Waals surface area contributed by atoms with E-state index in [4.69, 9.17) is 10.4 Å². The Bertz CT molecular complexity index is 685. The predicted molar refractivity (Wildman–Crippen MR) is 71.6 cm³/mol. The number of hydrogen-bond acceptors (Lipinski definition) is 4. The smallest absolute Gasteiger partial charge is 0.331 e. The van der Waals surface area contributed by atoms with Gasteiger partial charge in [0.1, 0.15) is 12.2 Å². The van der Waals surface area contributed by atoms with Crippen LogP contribution in [-0.4, -0.2) is 46.4 Å². The van der Waals surface area contributed by atoms with Crippen molar-refractivity contribution in [2.45, 2.75) is 0 Å². The number of carbonyl (C=O) groups is 3.